The summed E-state index contributed by atoms with van der Waals surface area (Å²) in [6.45, 7) is 4.28. The third kappa shape index (κ3) is 2.22. The van der Waals surface area contributed by atoms with E-state index in [0.717, 1.165) is 24.4 Å². The van der Waals surface area contributed by atoms with Crippen molar-refractivity contribution in [1.29, 1.82) is 0 Å². The van der Waals surface area contributed by atoms with Crippen LogP contribution >= 0.6 is 0 Å². The third-order valence-electron chi connectivity index (χ3n) is 3.98. The van der Waals surface area contributed by atoms with E-state index in [0.29, 0.717) is 12.1 Å². The van der Waals surface area contributed by atoms with Crippen LogP contribution in [-0.2, 0) is 6.42 Å². The van der Waals surface area contributed by atoms with E-state index in [9.17, 15) is 0 Å². The van der Waals surface area contributed by atoms with E-state index in [4.69, 9.17) is 4.98 Å². The zero-order valence-corrected chi connectivity index (χ0v) is 12.3. The molecule has 1 atom stereocenters. The average molecular weight is 271 g/mol. The van der Waals surface area contributed by atoms with Crippen LogP contribution in [0.2, 0.25) is 0 Å². The predicted octanol–water partition coefficient (Wildman–Crippen LogP) is 2.52. The normalized spacial score (nSPS) is 18.3. The summed E-state index contributed by atoms with van der Waals surface area (Å²) in [6, 6.07) is 0.750. The molecule has 0 aromatic carbocycles. The fourth-order valence-electron chi connectivity index (χ4n) is 2.86. The highest BCUT2D eigenvalue weighted by Gasteiger charge is 2.21. The molecule has 0 radical (unpaired) electrons. The highest BCUT2D eigenvalue weighted by atomic mass is 15.1. The molecular weight excluding hydrogens is 250 g/mol. The third-order valence-corrected chi connectivity index (χ3v) is 3.98. The molecule has 3 rings (SSSR count). The Morgan fingerprint density at radius 2 is 2.20 bits per heavy atom. The number of fused-ring (bicyclic) bond motifs is 1. The summed E-state index contributed by atoms with van der Waals surface area (Å²) in [6.07, 6.45) is 9.06. The molecule has 5 nitrogen and oxygen atoms in total. The van der Waals surface area contributed by atoms with Crippen molar-refractivity contribution in [3.8, 4) is 11.5 Å². The number of rotatable bonds is 3. The van der Waals surface area contributed by atoms with E-state index in [1.807, 2.05) is 25.8 Å². The lowest BCUT2D eigenvalue weighted by Crippen LogP contribution is -2.23. The molecule has 0 spiro atoms. The first-order valence-electron chi connectivity index (χ1n) is 7.26. The Morgan fingerprint density at radius 1 is 1.35 bits per heavy atom. The molecule has 106 valence electrons. The van der Waals surface area contributed by atoms with Gasteiger partial charge in [-0.15, -0.1) is 0 Å². The Morgan fingerprint density at radius 3 is 2.95 bits per heavy atom. The van der Waals surface area contributed by atoms with Crippen LogP contribution < -0.4 is 5.32 Å². The molecule has 0 amide bonds. The zero-order chi connectivity index (χ0) is 14.1. The number of imidazole rings is 1. The zero-order valence-electron chi connectivity index (χ0n) is 12.3. The van der Waals surface area contributed by atoms with Crippen molar-refractivity contribution in [3.05, 3.63) is 30.0 Å². The predicted molar refractivity (Wildman–Crippen MR) is 78.4 cm³/mol. The molecule has 1 aliphatic rings. The molecule has 1 N–H and O–H groups in total. The minimum atomic E-state index is 0.359. The van der Waals surface area contributed by atoms with Crippen LogP contribution in [0.1, 0.15) is 50.0 Å². The minimum absolute atomic E-state index is 0.359. The van der Waals surface area contributed by atoms with Crippen LogP contribution in [0.15, 0.2) is 18.7 Å². The summed E-state index contributed by atoms with van der Waals surface area (Å²) in [5, 5.41) is 3.35. The Bertz CT molecular complexity index is 602. The molecule has 0 fully saturated rings. The van der Waals surface area contributed by atoms with Gasteiger partial charge in [0, 0.05) is 29.5 Å². The second-order valence-corrected chi connectivity index (χ2v) is 5.61. The summed E-state index contributed by atoms with van der Waals surface area (Å²) >= 11 is 0. The molecule has 0 saturated carbocycles. The molecule has 20 heavy (non-hydrogen) atoms. The lowest BCUT2D eigenvalue weighted by atomic mass is 9.92. The van der Waals surface area contributed by atoms with Gasteiger partial charge in [-0.3, -0.25) is 0 Å². The van der Waals surface area contributed by atoms with Gasteiger partial charge in [0.1, 0.15) is 5.69 Å². The molecule has 0 aliphatic heterocycles. The highest BCUT2D eigenvalue weighted by Crippen LogP contribution is 2.29. The minimum Gasteiger partial charge on any atom is -0.325 e. The largest absolute Gasteiger partial charge is 0.325 e. The topological polar surface area (TPSA) is 55.6 Å². The van der Waals surface area contributed by atoms with Crippen molar-refractivity contribution >= 4 is 0 Å². The number of hydrogen-bond donors (Lipinski definition) is 1. The second-order valence-electron chi connectivity index (χ2n) is 5.61. The smallest absolute Gasteiger partial charge is 0.178 e. The fraction of sp³-hybridized carbons (Fsp3) is 0.533. The van der Waals surface area contributed by atoms with Crippen molar-refractivity contribution < 1.29 is 0 Å². The molecule has 0 saturated heterocycles. The van der Waals surface area contributed by atoms with Gasteiger partial charge in [-0.1, -0.05) is 0 Å². The first kappa shape index (κ1) is 13.2. The molecular formula is C15H21N5. The van der Waals surface area contributed by atoms with Gasteiger partial charge in [-0.2, -0.15) is 0 Å². The molecule has 0 bridgehead atoms. The number of nitrogens with one attached hydrogen (secondary N) is 1. The van der Waals surface area contributed by atoms with Crippen LogP contribution in [0.25, 0.3) is 11.5 Å². The monoisotopic (exact) mass is 271 g/mol. The molecule has 2 aromatic rings. The SMILES string of the molecule is CNC1CCCc2nc(-c3cncn3C(C)C)ncc21. The van der Waals surface area contributed by atoms with E-state index < -0.39 is 0 Å². The second kappa shape index (κ2) is 5.32. The maximum atomic E-state index is 4.79. The Balaban J connectivity index is 2.02. The van der Waals surface area contributed by atoms with Crippen LogP contribution in [-0.4, -0.2) is 26.6 Å². The Kier molecular flexibility index (Phi) is 3.53. The van der Waals surface area contributed by atoms with Gasteiger partial charge in [-0.25, -0.2) is 15.0 Å². The van der Waals surface area contributed by atoms with E-state index in [-0.39, 0.29) is 0 Å². The van der Waals surface area contributed by atoms with Gasteiger partial charge in [0.2, 0.25) is 0 Å². The van der Waals surface area contributed by atoms with E-state index in [2.05, 4.69) is 33.7 Å². The number of nitrogens with zero attached hydrogens (tertiary/aromatic N) is 4. The van der Waals surface area contributed by atoms with Crippen molar-refractivity contribution in [2.75, 3.05) is 7.05 Å². The quantitative estimate of drug-likeness (QED) is 0.932. The van der Waals surface area contributed by atoms with Crippen LogP contribution in [0.3, 0.4) is 0 Å². The van der Waals surface area contributed by atoms with Crippen LogP contribution in [0.5, 0.6) is 0 Å². The van der Waals surface area contributed by atoms with Crippen molar-refractivity contribution in [2.45, 2.75) is 45.2 Å². The summed E-state index contributed by atoms with van der Waals surface area (Å²) in [4.78, 5) is 13.6. The summed E-state index contributed by atoms with van der Waals surface area (Å²) < 4.78 is 2.11. The van der Waals surface area contributed by atoms with Crippen molar-refractivity contribution in [3.63, 3.8) is 0 Å². The fourth-order valence-corrected chi connectivity index (χ4v) is 2.86. The maximum absolute atomic E-state index is 4.79. The Labute approximate surface area is 119 Å². The Hall–Kier alpha value is -1.75. The summed E-state index contributed by atoms with van der Waals surface area (Å²) in [5.41, 5.74) is 3.42. The first-order valence-corrected chi connectivity index (χ1v) is 7.26. The lowest BCUT2D eigenvalue weighted by molar-refractivity contribution is 0.487. The van der Waals surface area contributed by atoms with E-state index in [1.54, 1.807) is 0 Å². The van der Waals surface area contributed by atoms with Gasteiger partial charge in [-0.05, 0) is 40.2 Å². The van der Waals surface area contributed by atoms with Crippen LogP contribution in [0.4, 0.5) is 0 Å². The summed E-state index contributed by atoms with van der Waals surface area (Å²) in [7, 11) is 2.00. The number of aromatic nitrogens is 4. The number of aryl methyl sites for hydroxylation is 1. The molecule has 1 unspecified atom stereocenters. The molecule has 2 heterocycles. The van der Waals surface area contributed by atoms with E-state index in [1.165, 1.54) is 17.7 Å². The van der Waals surface area contributed by atoms with Crippen molar-refractivity contribution in [1.82, 2.24) is 24.8 Å². The van der Waals surface area contributed by atoms with E-state index >= 15 is 0 Å². The number of hydrogen-bond acceptors (Lipinski definition) is 4. The standard InChI is InChI=1S/C15H21N5/c1-10(2)20-9-17-8-14(20)15-18-7-11-12(16-3)5-4-6-13(11)19-15/h7-10,12,16H,4-6H2,1-3H3. The van der Waals surface area contributed by atoms with Gasteiger partial charge in [0.15, 0.2) is 5.82 Å². The molecule has 5 heteroatoms. The van der Waals surface area contributed by atoms with Gasteiger partial charge in [0.25, 0.3) is 0 Å². The highest BCUT2D eigenvalue weighted by molar-refractivity contribution is 5.49. The van der Waals surface area contributed by atoms with Gasteiger partial charge >= 0.3 is 0 Å². The molecule has 1 aliphatic carbocycles. The van der Waals surface area contributed by atoms with Gasteiger partial charge < -0.3 is 9.88 Å². The summed E-state index contributed by atoms with van der Waals surface area (Å²) in [5.74, 6) is 0.784. The van der Waals surface area contributed by atoms with Gasteiger partial charge in [0.05, 0.1) is 12.5 Å². The maximum Gasteiger partial charge on any atom is 0.178 e. The van der Waals surface area contributed by atoms with Crippen LogP contribution in [0, 0.1) is 0 Å². The van der Waals surface area contributed by atoms with Crippen molar-refractivity contribution in [2.24, 2.45) is 0 Å². The first-order chi connectivity index (χ1) is 9.70. The lowest BCUT2D eigenvalue weighted by Gasteiger charge is -2.24. The average Bonchev–Trinajstić information content (AvgIpc) is 2.95. The molecule has 2 aromatic heterocycles.